The summed E-state index contributed by atoms with van der Waals surface area (Å²) in [5, 5.41) is 6.74. The third-order valence-electron chi connectivity index (χ3n) is 4.18. The summed E-state index contributed by atoms with van der Waals surface area (Å²) in [6.45, 7) is 7.34. The van der Waals surface area contributed by atoms with E-state index >= 15 is 0 Å². The van der Waals surface area contributed by atoms with E-state index in [1.54, 1.807) is 0 Å². The Kier molecular flexibility index (Phi) is 10.2. The van der Waals surface area contributed by atoms with E-state index in [1.807, 2.05) is 6.92 Å². The van der Waals surface area contributed by atoms with E-state index in [0.29, 0.717) is 25.0 Å². The normalized spacial score (nSPS) is 21.4. The Hall–Kier alpha value is -0.890. The highest BCUT2D eigenvalue weighted by Crippen LogP contribution is 2.20. The average molecular weight is 448 g/mol. The highest BCUT2D eigenvalue weighted by atomic mass is 127. The van der Waals surface area contributed by atoms with Gasteiger partial charge in [-0.25, -0.2) is 0 Å². The van der Waals surface area contributed by atoms with E-state index in [0.717, 1.165) is 32.0 Å². The highest BCUT2D eigenvalue weighted by molar-refractivity contribution is 14.0. The van der Waals surface area contributed by atoms with E-state index in [1.165, 1.54) is 5.56 Å². The second-order valence-corrected chi connectivity index (χ2v) is 6.14. The summed E-state index contributed by atoms with van der Waals surface area (Å²) in [7, 11) is 0. The van der Waals surface area contributed by atoms with Crippen LogP contribution in [0.5, 0.6) is 0 Å². The fourth-order valence-electron chi connectivity index (χ4n) is 3.01. The van der Waals surface area contributed by atoms with Gasteiger partial charge in [0.15, 0.2) is 5.96 Å². The third kappa shape index (κ3) is 6.93. The quantitative estimate of drug-likeness (QED) is 0.291. The van der Waals surface area contributed by atoms with E-state index in [-0.39, 0.29) is 30.7 Å². The van der Waals surface area contributed by atoms with Crippen molar-refractivity contribution in [3.8, 4) is 0 Å². The Morgan fingerprint density at radius 2 is 2.08 bits per heavy atom. The molecule has 0 radical (unpaired) electrons. The zero-order valence-corrected chi connectivity index (χ0v) is 17.0. The number of aliphatic imine (C=N–C) groups is 1. The molecule has 1 heterocycles. The summed E-state index contributed by atoms with van der Waals surface area (Å²) < 4.78 is 12.2. The number of hydrogen-bond donors (Lipinski definition) is 2. The Labute approximate surface area is 162 Å². The summed E-state index contributed by atoms with van der Waals surface area (Å²) in [4.78, 5) is 6.93. The molecule has 1 fully saturated rings. The van der Waals surface area contributed by atoms with Gasteiger partial charge in [-0.1, -0.05) is 30.3 Å². The number of nitrogens with zero attached hydrogens (tertiary/aromatic N) is 2. The lowest BCUT2D eigenvalue weighted by Crippen LogP contribution is -2.44. The minimum Gasteiger partial charge on any atom is -0.357 e. The van der Waals surface area contributed by atoms with Gasteiger partial charge >= 0.3 is 0 Å². The summed E-state index contributed by atoms with van der Waals surface area (Å²) in [6, 6.07) is 11.5. The molecule has 24 heavy (non-hydrogen) atoms. The third-order valence-corrected chi connectivity index (χ3v) is 4.18. The van der Waals surface area contributed by atoms with Crippen molar-refractivity contribution in [3.63, 3.8) is 0 Å². The van der Waals surface area contributed by atoms with Crippen LogP contribution in [-0.2, 0) is 6.54 Å². The van der Waals surface area contributed by atoms with Crippen LogP contribution < -0.4 is 10.6 Å². The first-order valence-corrected chi connectivity index (χ1v) is 8.61. The minimum absolute atomic E-state index is 0. The lowest BCUT2D eigenvalue weighted by molar-refractivity contribution is 0.258. The Morgan fingerprint density at radius 1 is 1.33 bits per heavy atom. The highest BCUT2D eigenvalue weighted by Gasteiger charge is 2.29. The van der Waals surface area contributed by atoms with Crippen molar-refractivity contribution in [1.29, 1.82) is 0 Å². The van der Waals surface area contributed by atoms with Gasteiger partial charge in [0.2, 0.25) is 0 Å². The molecule has 1 aromatic carbocycles. The first kappa shape index (κ1) is 21.2. The predicted molar refractivity (Wildman–Crippen MR) is 110 cm³/mol. The van der Waals surface area contributed by atoms with Crippen LogP contribution in [0.4, 0.5) is 4.39 Å². The molecule has 1 aliphatic rings. The number of likely N-dealkylation sites (tertiary alicyclic amines) is 1. The van der Waals surface area contributed by atoms with Crippen molar-refractivity contribution in [3.05, 3.63) is 35.9 Å². The topological polar surface area (TPSA) is 39.7 Å². The molecule has 0 saturated carbocycles. The van der Waals surface area contributed by atoms with Gasteiger partial charge in [0.25, 0.3) is 0 Å². The number of alkyl halides is 1. The Balaban J connectivity index is 0.00000288. The van der Waals surface area contributed by atoms with Crippen LogP contribution in [0.1, 0.15) is 32.3 Å². The van der Waals surface area contributed by atoms with Gasteiger partial charge in [0.1, 0.15) is 0 Å². The summed E-state index contributed by atoms with van der Waals surface area (Å²) >= 11 is 0. The number of guanidine groups is 1. The molecular formula is C18H30FIN4. The molecule has 0 aliphatic carbocycles. The summed E-state index contributed by atoms with van der Waals surface area (Å²) in [5.41, 5.74) is 1.35. The van der Waals surface area contributed by atoms with Crippen molar-refractivity contribution < 1.29 is 4.39 Å². The maximum atomic E-state index is 12.2. The maximum Gasteiger partial charge on any atom is 0.191 e. The molecule has 2 atom stereocenters. The van der Waals surface area contributed by atoms with Crippen LogP contribution in [0, 0.1) is 0 Å². The summed E-state index contributed by atoms with van der Waals surface area (Å²) in [5.74, 6) is 0.805. The standard InChI is InChI=1S/C18H29FN4.HI/c1-3-20-18(21-11-7-10-19)22-17-12-15(2)23(14-17)13-16-8-5-4-6-9-16;/h4-6,8-9,15,17H,3,7,10-14H2,1-2H3,(H2,20,21,22);1H. The fourth-order valence-corrected chi connectivity index (χ4v) is 3.01. The molecule has 0 aromatic heterocycles. The van der Waals surface area contributed by atoms with Crippen LogP contribution in [-0.4, -0.2) is 49.3 Å². The van der Waals surface area contributed by atoms with Crippen LogP contribution in [0.15, 0.2) is 35.3 Å². The average Bonchev–Trinajstić information content (AvgIpc) is 2.88. The molecule has 1 aliphatic heterocycles. The second kappa shape index (κ2) is 11.6. The van der Waals surface area contributed by atoms with E-state index in [2.05, 4.69) is 57.8 Å². The van der Waals surface area contributed by atoms with Crippen LogP contribution in [0.3, 0.4) is 0 Å². The number of hydrogen-bond acceptors (Lipinski definition) is 2. The molecule has 2 N–H and O–H groups in total. The molecular weight excluding hydrogens is 418 g/mol. The monoisotopic (exact) mass is 448 g/mol. The largest absolute Gasteiger partial charge is 0.357 e. The summed E-state index contributed by atoms with van der Waals surface area (Å²) in [6.07, 6.45) is 1.58. The van der Waals surface area contributed by atoms with E-state index in [4.69, 9.17) is 0 Å². The zero-order valence-electron chi connectivity index (χ0n) is 14.7. The van der Waals surface area contributed by atoms with Gasteiger partial charge in [-0.2, -0.15) is 0 Å². The first-order chi connectivity index (χ1) is 11.2. The van der Waals surface area contributed by atoms with Crippen molar-refractivity contribution >= 4 is 29.9 Å². The zero-order chi connectivity index (χ0) is 16.5. The van der Waals surface area contributed by atoms with Gasteiger partial charge in [-0.3, -0.25) is 14.3 Å². The number of benzene rings is 1. The van der Waals surface area contributed by atoms with Crippen molar-refractivity contribution in [2.24, 2.45) is 4.99 Å². The Bertz CT molecular complexity index is 483. The SMILES string of the molecule is CCNC(=NCCCF)NC1CC(C)N(Cc2ccccc2)C1.I. The molecule has 4 nitrogen and oxygen atoms in total. The Morgan fingerprint density at radius 3 is 2.75 bits per heavy atom. The molecule has 1 aromatic rings. The molecule has 1 saturated heterocycles. The molecule has 0 spiro atoms. The molecule has 136 valence electrons. The van der Waals surface area contributed by atoms with Crippen LogP contribution in [0.25, 0.3) is 0 Å². The molecule has 0 amide bonds. The molecule has 0 bridgehead atoms. The lowest BCUT2D eigenvalue weighted by atomic mass is 10.2. The molecule has 6 heteroatoms. The van der Waals surface area contributed by atoms with E-state index < -0.39 is 0 Å². The fraction of sp³-hybridized carbons (Fsp3) is 0.611. The molecule has 2 unspecified atom stereocenters. The van der Waals surface area contributed by atoms with Gasteiger partial charge in [-0.05, 0) is 32.3 Å². The number of halogens is 2. The smallest absolute Gasteiger partial charge is 0.191 e. The van der Waals surface area contributed by atoms with Crippen LogP contribution >= 0.6 is 24.0 Å². The number of rotatable bonds is 7. The van der Waals surface area contributed by atoms with Crippen molar-refractivity contribution in [2.75, 3.05) is 26.3 Å². The van der Waals surface area contributed by atoms with E-state index in [9.17, 15) is 4.39 Å². The van der Waals surface area contributed by atoms with Gasteiger partial charge in [0.05, 0.1) is 6.67 Å². The van der Waals surface area contributed by atoms with Gasteiger partial charge in [0, 0.05) is 38.3 Å². The first-order valence-electron chi connectivity index (χ1n) is 8.61. The minimum atomic E-state index is -0.311. The van der Waals surface area contributed by atoms with Crippen molar-refractivity contribution in [2.45, 2.75) is 45.3 Å². The predicted octanol–water partition coefficient (Wildman–Crippen LogP) is 3.18. The second-order valence-electron chi connectivity index (χ2n) is 6.14. The molecule has 2 rings (SSSR count). The van der Waals surface area contributed by atoms with Gasteiger partial charge < -0.3 is 10.6 Å². The van der Waals surface area contributed by atoms with Gasteiger partial charge in [-0.15, -0.1) is 24.0 Å². The van der Waals surface area contributed by atoms with Crippen LogP contribution in [0.2, 0.25) is 0 Å². The lowest BCUT2D eigenvalue weighted by Gasteiger charge is -2.21. The maximum absolute atomic E-state index is 12.2. The number of nitrogens with one attached hydrogen (secondary N) is 2. The van der Waals surface area contributed by atoms with Crippen molar-refractivity contribution in [1.82, 2.24) is 15.5 Å².